The second-order valence-electron chi connectivity index (χ2n) is 5.80. The van der Waals surface area contributed by atoms with Crippen LogP contribution in [0, 0.1) is 5.82 Å². The summed E-state index contributed by atoms with van der Waals surface area (Å²) in [7, 11) is -3.33. The molecule has 1 aromatic carbocycles. The van der Waals surface area contributed by atoms with E-state index in [0.29, 0.717) is 18.7 Å². The maximum Gasteiger partial charge on any atom is 0.215 e. The van der Waals surface area contributed by atoms with Gasteiger partial charge in [0.1, 0.15) is 5.82 Å². The first-order valence-electron chi connectivity index (χ1n) is 7.56. The molecule has 0 bridgehead atoms. The highest BCUT2D eigenvalue weighted by atomic mass is 79.9. The Morgan fingerprint density at radius 3 is 2.65 bits per heavy atom. The first-order chi connectivity index (χ1) is 10.8. The third-order valence-electron chi connectivity index (χ3n) is 3.64. The summed E-state index contributed by atoms with van der Waals surface area (Å²) in [6.45, 7) is 5.06. The molecule has 0 aromatic heterocycles. The van der Waals surface area contributed by atoms with Crippen molar-refractivity contribution in [3.8, 4) is 0 Å². The van der Waals surface area contributed by atoms with Crippen molar-refractivity contribution in [2.45, 2.75) is 32.6 Å². The Morgan fingerprint density at radius 1 is 1.35 bits per heavy atom. The number of halogens is 2. The Kier molecular flexibility index (Phi) is 6.56. The zero-order chi connectivity index (χ0) is 17.0. The number of ether oxygens (including phenoxy) is 1. The predicted molar refractivity (Wildman–Crippen MR) is 91.2 cm³/mol. The van der Waals surface area contributed by atoms with Gasteiger partial charge in [0.05, 0.1) is 18.0 Å². The van der Waals surface area contributed by atoms with Gasteiger partial charge in [-0.15, -0.1) is 0 Å². The van der Waals surface area contributed by atoms with Crippen LogP contribution < -0.4 is 5.32 Å². The van der Waals surface area contributed by atoms with E-state index in [-0.39, 0.29) is 36.9 Å². The number of hydrogen-bond donors (Lipinski definition) is 1. The molecule has 130 valence electrons. The highest BCUT2D eigenvalue weighted by Gasteiger charge is 2.30. The molecule has 0 amide bonds. The molecular weight excluding hydrogens is 387 g/mol. The van der Waals surface area contributed by atoms with E-state index < -0.39 is 10.0 Å². The molecule has 1 aromatic rings. The van der Waals surface area contributed by atoms with E-state index in [9.17, 15) is 12.8 Å². The molecule has 0 aliphatic carbocycles. The summed E-state index contributed by atoms with van der Waals surface area (Å²) >= 11 is 3.29. The fourth-order valence-electron chi connectivity index (χ4n) is 2.59. The summed E-state index contributed by atoms with van der Waals surface area (Å²) in [6, 6.07) is 4.70. The van der Waals surface area contributed by atoms with Gasteiger partial charge in [-0.05, 0) is 32.0 Å². The van der Waals surface area contributed by atoms with Crippen LogP contribution in [-0.4, -0.2) is 50.3 Å². The fourth-order valence-corrected chi connectivity index (χ4v) is 4.53. The second kappa shape index (κ2) is 8.02. The molecule has 1 saturated heterocycles. The van der Waals surface area contributed by atoms with Crippen LogP contribution in [0.3, 0.4) is 0 Å². The van der Waals surface area contributed by atoms with E-state index in [1.807, 2.05) is 13.8 Å². The molecule has 1 fully saturated rings. The first-order valence-corrected chi connectivity index (χ1v) is 9.96. The van der Waals surface area contributed by atoms with Crippen LogP contribution in [0.25, 0.3) is 0 Å². The van der Waals surface area contributed by atoms with Crippen molar-refractivity contribution < 1.29 is 17.5 Å². The minimum atomic E-state index is -3.33. The lowest BCUT2D eigenvalue weighted by Crippen LogP contribution is -2.49. The van der Waals surface area contributed by atoms with Crippen LogP contribution in [0.2, 0.25) is 0 Å². The van der Waals surface area contributed by atoms with Gasteiger partial charge >= 0.3 is 0 Å². The van der Waals surface area contributed by atoms with Gasteiger partial charge in [-0.2, -0.15) is 4.31 Å². The van der Waals surface area contributed by atoms with E-state index in [0.717, 1.165) is 4.47 Å². The molecule has 0 radical (unpaired) electrons. The van der Waals surface area contributed by atoms with Crippen molar-refractivity contribution in [1.82, 2.24) is 9.62 Å². The number of rotatable bonds is 6. The number of hydrogen-bond acceptors (Lipinski definition) is 4. The molecule has 23 heavy (non-hydrogen) atoms. The summed E-state index contributed by atoms with van der Waals surface area (Å²) in [5.41, 5.74) is 0.505. The predicted octanol–water partition coefficient (Wildman–Crippen LogP) is 2.12. The molecule has 1 N–H and O–H groups in total. The molecule has 5 nitrogen and oxygen atoms in total. The minimum absolute atomic E-state index is 0.0118. The normalized spacial score (nSPS) is 23.1. The van der Waals surface area contributed by atoms with Crippen LogP contribution in [0.1, 0.15) is 19.4 Å². The van der Waals surface area contributed by atoms with Gasteiger partial charge in [0, 0.05) is 36.2 Å². The average Bonchev–Trinajstić information content (AvgIpc) is 2.46. The van der Waals surface area contributed by atoms with Crippen LogP contribution in [-0.2, 0) is 21.3 Å². The Bertz CT molecular complexity index is 632. The van der Waals surface area contributed by atoms with Crippen molar-refractivity contribution in [2.24, 2.45) is 0 Å². The molecule has 8 heteroatoms. The van der Waals surface area contributed by atoms with E-state index in [1.54, 1.807) is 12.1 Å². The molecule has 1 aliphatic heterocycles. The van der Waals surface area contributed by atoms with Gasteiger partial charge in [-0.1, -0.05) is 15.9 Å². The zero-order valence-electron chi connectivity index (χ0n) is 13.3. The second-order valence-corrected chi connectivity index (χ2v) is 8.81. The van der Waals surface area contributed by atoms with Gasteiger partial charge in [-0.3, -0.25) is 0 Å². The first kappa shape index (κ1) is 18.8. The van der Waals surface area contributed by atoms with Gasteiger partial charge in [-0.25, -0.2) is 12.8 Å². The lowest BCUT2D eigenvalue weighted by Gasteiger charge is -2.34. The topological polar surface area (TPSA) is 58.6 Å². The maximum absolute atomic E-state index is 13.6. The van der Waals surface area contributed by atoms with Gasteiger partial charge < -0.3 is 10.1 Å². The number of nitrogens with zero attached hydrogens (tertiary/aromatic N) is 1. The fraction of sp³-hybridized carbons (Fsp3) is 0.600. The monoisotopic (exact) mass is 408 g/mol. The largest absolute Gasteiger partial charge is 0.373 e. The summed E-state index contributed by atoms with van der Waals surface area (Å²) in [5.74, 6) is -0.318. The van der Waals surface area contributed by atoms with Crippen molar-refractivity contribution in [3.05, 3.63) is 34.1 Å². The summed E-state index contributed by atoms with van der Waals surface area (Å²) in [6.07, 6.45) is -0.200. The zero-order valence-corrected chi connectivity index (χ0v) is 15.7. The molecule has 1 heterocycles. The Balaban J connectivity index is 1.84. The quantitative estimate of drug-likeness (QED) is 0.732. The summed E-state index contributed by atoms with van der Waals surface area (Å²) in [4.78, 5) is 0. The van der Waals surface area contributed by atoms with Crippen LogP contribution in [0.5, 0.6) is 0 Å². The molecular formula is C15H22BrFN2O3S. The lowest BCUT2D eigenvalue weighted by atomic mass is 10.2. The van der Waals surface area contributed by atoms with Crippen LogP contribution in [0.15, 0.2) is 22.7 Å². The highest BCUT2D eigenvalue weighted by molar-refractivity contribution is 9.10. The van der Waals surface area contributed by atoms with Crippen molar-refractivity contribution >= 4 is 26.0 Å². The van der Waals surface area contributed by atoms with Gasteiger partial charge in [0.2, 0.25) is 10.0 Å². The number of morpholine rings is 1. The molecule has 2 rings (SSSR count). The van der Waals surface area contributed by atoms with Crippen molar-refractivity contribution in [1.29, 1.82) is 0 Å². The van der Waals surface area contributed by atoms with Crippen LogP contribution in [0.4, 0.5) is 4.39 Å². The highest BCUT2D eigenvalue weighted by Crippen LogP contribution is 2.16. The van der Waals surface area contributed by atoms with Gasteiger partial charge in [0.15, 0.2) is 0 Å². The van der Waals surface area contributed by atoms with E-state index in [2.05, 4.69) is 21.2 Å². The lowest BCUT2D eigenvalue weighted by molar-refractivity contribution is -0.0440. The summed E-state index contributed by atoms with van der Waals surface area (Å²) in [5, 5.41) is 2.99. The van der Waals surface area contributed by atoms with Gasteiger partial charge in [0.25, 0.3) is 0 Å². The SMILES string of the molecule is CC1CN(S(=O)(=O)CCNCc2cc(Br)ccc2F)CC(C)O1. The minimum Gasteiger partial charge on any atom is -0.373 e. The number of benzene rings is 1. The van der Waals surface area contributed by atoms with E-state index >= 15 is 0 Å². The average molecular weight is 409 g/mol. The standard InChI is InChI=1S/C15H22BrFN2O3S/c1-11-9-19(10-12(2)22-11)23(20,21)6-5-18-8-13-7-14(16)3-4-15(13)17/h3-4,7,11-12,18H,5-6,8-10H2,1-2H3. The van der Waals surface area contributed by atoms with Crippen molar-refractivity contribution in [3.63, 3.8) is 0 Å². The number of nitrogens with one attached hydrogen (secondary N) is 1. The Labute approximate surface area is 145 Å². The third-order valence-corrected chi connectivity index (χ3v) is 5.94. The van der Waals surface area contributed by atoms with Crippen LogP contribution >= 0.6 is 15.9 Å². The molecule has 0 spiro atoms. The molecule has 2 unspecified atom stereocenters. The summed E-state index contributed by atoms with van der Waals surface area (Å²) < 4.78 is 46.1. The Hall–Kier alpha value is -0.540. The molecule has 2 atom stereocenters. The third kappa shape index (κ3) is 5.49. The smallest absolute Gasteiger partial charge is 0.215 e. The number of sulfonamides is 1. The maximum atomic E-state index is 13.6. The van der Waals surface area contributed by atoms with E-state index in [4.69, 9.17) is 4.74 Å². The molecule has 0 saturated carbocycles. The van der Waals surface area contributed by atoms with E-state index in [1.165, 1.54) is 10.4 Å². The molecule has 1 aliphatic rings. The van der Waals surface area contributed by atoms with Crippen molar-refractivity contribution in [2.75, 3.05) is 25.4 Å². The Morgan fingerprint density at radius 2 is 2.00 bits per heavy atom.